The summed E-state index contributed by atoms with van der Waals surface area (Å²) in [5.41, 5.74) is -0.0258. The molecule has 0 unspecified atom stereocenters. The van der Waals surface area contributed by atoms with Crippen molar-refractivity contribution in [1.82, 2.24) is 0 Å². The summed E-state index contributed by atoms with van der Waals surface area (Å²) in [5.74, 6) is -0.197. The number of carbonyl (C=O) groups is 1. The molecular formula is C14H16ClF3O2. The Morgan fingerprint density at radius 1 is 1.10 bits per heavy atom. The van der Waals surface area contributed by atoms with E-state index in [2.05, 4.69) is 4.74 Å². The van der Waals surface area contributed by atoms with Crippen LogP contribution in [0, 0.1) is 0 Å². The van der Waals surface area contributed by atoms with Gasteiger partial charge in [0.25, 0.3) is 0 Å². The lowest BCUT2D eigenvalue weighted by molar-refractivity contribution is -0.274. The number of ketones is 1. The smallest absolute Gasteiger partial charge is 0.405 e. The molecule has 0 aliphatic carbocycles. The van der Waals surface area contributed by atoms with Crippen LogP contribution >= 0.6 is 11.6 Å². The van der Waals surface area contributed by atoms with E-state index in [4.69, 9.17) is 11.6 Å². The highest BCUT2D eigenvalue weighted by molar-refractivity contribution is 6.17. The van der Waals surface area contributed by atoms with E-state index in [1.807, 2.05) is 0 Å². The van der Waals surface area contributed by atoms with Gasteiger partial charge in [-0.15, -0.1) is 24.8 Å². The van der Waals surface area contributed by atoms with Gasteiger partial charge in [-0.2, -0.15) is 0 Å². The topological polar surface area (TPSA) is 26.3 Å². The van der Waals surface area contributed by atoms with Gasteiger partial charge in [0.05, 0.1) is 5.56 Å². The van der Waals surface area contributed by atoms with Gasteiger partial charge in [-0.1, -0.05) is 25.0 Å². The van der Waals surface area contributed by atoms with Gasteiger partial charge in [-0.3, -0.25) is 4.79 Å². The zero-order valence-corrected chi connectivity index (χ0v) is 11.6. The lowest BCUT2D eigenvalue weighted by Gasteiger charge is -2.12. The Bertz CT molecular complexity index is 433. The monoisotopic (exact) mass is 308 g/mol. The minimum atomic E-state index is -4.79. The molecule has 0 atom stereocenters. The number of ether oxygens (including phenoxy) is 1. The zero-order valence-electron chi connectivity index (χ0n) is 10.9. The molecule has 0 aliphatic rings. The highest BCUT2D eigenvalue weighted by Crippen LogP contribution is 2.27. The SMILES string of the molecule is O=C(CCCCCCCl)c1ccccc1OC(F)(F)F. The largest absolute Gasteiger partial charge is 0.573 e. The van der Waals surface area contributed by atoms with Crippen molar-refractivity contribution < 1.29 is 22.7 Å². The van der Waals surface area contributed by atoms with Gasteiger partial charge in [-0.25, -0.2) is 0 Å². The molecule has 1 rings (SSSR count). The normalized spacial score (nSPS) is 11.4. The van der Waals surface area contributed by atoms with E-state index in [1.165, 1.54) is 18.2 Å². The highest BCUT2D eigenvalue weighted by atomic mass is 35.5. The van der Waals surface area contributed by atoms with Gasteiger partial charge in [0.15, 0.2) is 5.78 Å². The summed E-state index contributed by atoms with van der Waals surface area (Å²) < 4.78 is 40.6. The van der Waals surface area contributed by atoms with E-state index in [1.54, 1.807) is 0 Å². The molecule has 112 valence electrons. The van der Waals surface area contributed by atoms with Crippen LogP contribution in [0.4, 0.5) is 13.2 Å². The van der Waals surface area contributed by atoms with Crippen molar-refractivity contribution >= 4 is 17.4 Å². The average molecular weight is 309 g/mol. The van der Waals surface area contributed by atoms with Crippen molar-refractivity contribution in [1.29, 1.82) is 0 Å². The number of carbonyl (C=O) groups excluding carboxylic acids is 1. The number of halogens is 4. The van der Waals surface area contributed by atoms with Crippen LogP contribution in [0.2, 0.25) is 0 Å². The molecule has 1 aromatic rings. The molecular weight excluding hydrogens is 293 g/mol. The number of rotatable bonds is 8. The molecule has 0 spiro atoms. The van der Waals surface area contributed by atoms with Crippen LogP contribution in [-0.2, 0) is 0 Å². The van der Waals surface area contributed by atoms with Crippen LogP contribution in [0.5, 0.6) is 5.75 Å². The summed E-state index contributed by atoms with van der Waals surface area (Å²) >= 11 is 5.53. The predicted octanol–water partition coefficient (Wildman–Crippen LogP) is 4.96. The van der Waals surface area contributed by atoms with Gasteiger partial charge in [-0.05, 0) is 25.0 Å². The Morgan fingerprint density at radius 2 is 1.75 bits per heavy atom. The van der Waals surface area contributed by atoms with Crippen LogP contribution < -0.4 is 4.74 Å². The van der Waals surface area contributed by atoms with Gasteiger partial charge in [0.1, 0.15) is 5.75 Å². The number of hydrogen-bond donors (Lipinski definition) is 0. The summed E-state index contributed by atoms with van der Waals surface area (Å²) in [6.45, 7) is 0. The predicted molar refractivity (Wildman–Crippen MR) is 71.3 cm³/mol. The number of unbranched alkanes of at least 4 members (excludes halogenated alkanes) is 3. The summed E-state index contributed by atoms with van der Waals surface area (Å²) in [6, 6.07) is 5.42. The maximum absolute atomic E-state index is 12.2. The first-order chi connectivity index (χ1) is 9.44. The summed E-state index contributed by atoms with van der Waals surface area (Å²) in [7, 11) is 0. The van der Waals surface area contributed by atoms with Crippen molar-refractivity contribution in [3.05, 3.63) is 29.8 Å². The number of benzene rings is 1. The lowest BCUT2D eigenvalue weighted by Crippen LogP contribution is -2.19. The first-order valence-corrected chi connectivity index (χ1v) is 6.91. The van der Waals surface area contributed by atoms with E-state index in [0.717, 1.165) is 25.3 Å². The van der Waals surface area contributed by atoms with E-state index in [-0.39, 0.29) is 17.8 Å². The molecule has 0 aliphatic heterocycles. The average Bonchev–Trinajstić information content (AvgIpc) is 2.37. The molecule has 0 saturated heterocycles. The molecule has 0 aromatic heterocycles. The van der Waals surface area contributed by atoms with E-state index in [9.17, 15) is 18.0 Å². The van der Waals surface area contributed by atoms with Crippen molar-refractivity contribution in [3.8, 4) is 5.75 Å². The Hall–Kier alpha value is -1.23. The van der Waals surface area contributed by atoms with Gasteiger partial charge in [0.2, 0.25) is 0 Å². The molecule has 0 bridgehead atoms. The van der Waals surface area contributed by atoms with Crippen LogP contribution in [0.3, 0.4) is 0 Å². The minimum absolute atomic E-state index is 0.0258. The van der Waals surface area contributed by atoms with Crippen molar-refractivity contribution in [3.63, 3.8) is 0 Å². The Labute approximate surface area is 120 Å². The number of alkyl halides is 4. The molecule has 0 heterocycles. The summed E-state index contributed by atoms with van der Waals surface area (Å²) in [5, 5.41) is 0. The van der Waals surface area contributed by atoms with Crippen LogP contribution in [-0.4, -0.2) is 18.0 Å². The van der Waals surface area contributed by atoms with E-state index in [0.29, 0.717) is 12.3 Å². The summed E-state index contributed by atoms with van der Waals surface area (Å²) in [6.07, 6.45) is -1.32. The third-order valence-electron chi connectivity index (χ3n) is 2.70. The van der Waals surface area contributed by atoms with E-state index >= 15 is 0 Å². The standard InChI is InChI=1S/C14H16ClF3O2/c15-10-6-2-1-3-8-12(19)11-7-4-5-9-13(11)20-14(16,17)18/h4-5,7,9H,1-3,6,8,10H2. The van der Waals surface area contributed by atoms with Gasteiger partial charge < -0.3 is 4.74 Å². The third-order valence-corrected chi connectivity index (χ3v) is 2.97. The quantitative estimate of drug-likeness (QED) is 0.385. The first kappa shape index (κ1) is 16.8. The Morgan fingerprint density at radius 3 is 2.40 bits per heavy atom. The number of Topliss-reactive ketones (excluding diaryl/α,β-unsaturated/α-hetero) is 1. The summed E-state index contributed by atoms with van der Waals surface area (Å²) in [4.78, 5) is 11.9. The van der Waals surface area contributed by atoms with Crippen LogP contribution in [0.25, 0.3) is 0 Å². The van der Waals surface area contributed by atoms with Crippen molar-refractivity contribution in [2.75, 3.05) is 5.88 Å². The fraction of sp³-hybridized carbons (Fsp3) is 0.500. The molecule has 2 nitrogen and oxygen atoms in total. The molecule has 1 aromatic carbocycles. The fourth-order valence-corrected chi connectivity index (χ4v) is 1.97. The maximum Gasteiger partial charge on any atom is 0.573 e. The lowest BCUT2D eigenvalue weighted by atomic mass is 10.0. The molecule has 20 heavy (non-hydrogen) atoms. The first-order valence-electron chi connectivity index (χ1n) is 6.38. The second-order valence-corrected chi connectivity index (χ2v) is 4.70. The molecule has 0 radical (unpaired) electrons. The van der Waals surface area contributed by atoms with Gasteiger partial charge >= 0.3 is 6.36 Å². The molecule has 0 saturated carbocycles. The van der Waals surface area contributed by atoms with Crippen molar-refractivity contribution in [2.24, 2.45) is 0 Å². The molecule has 0 fully saturated rings. The maximum atomic E-state index is 12.2. The molecule has 6 heteroatoms. The third kappa shape index (κ3) is 6.28. The highest BCUT2D eigenvalue weighted by Gasteiger charge is 2.32. The van der Waals surface area contributed by atoms with Gasteiger partial charge in [0, 0.05) is 12.3 Å². The number of hydrogen-bond acceptors (Lipinski definition) is 2. The second-order valence-electron chi connectivity index (χ2n) is 4.32. The zero-order chi connectivity index (χ0) is 15.0. The Kier molecular flexibility index (Phi) is 6.85. The van der Waals surface area contributed by atoms with Crippen molar-refractivity contribution in [2.45, 2.75) is 38.5 Å². The fourth-order valence-electron chi connectivity index (χ4n) is 1.78. The van der Waals surface area contributed by atoms with E-state index < -0.39 is 12.1 Å². The molecule has 0 amide bonds. The van der Waals surface area contributed by atoms with Crippen LogP contribution in [0.1, 0.15) is 42.5 Å². The van der Waals surface area contributed by atoms with Crippen LogP contribution in [0.15, 0.2) is 24.3 Å². The molecule has 0 N–H and O–H groups in total. The second kappa shape index (κ2) is 8.15. The number of para-hydroxylation sites is 1. The Balaban J connectivity index is 2.59. The minimum Gasteiger partial charge on any atom is -0.405 e.